The second-order valence-corrected chi connectivity index (χ2v) is 7.68. The van der Waals surface area contributed by atoms with Crippen molar-refractivity contribution >= 4 is 12.0 Å². The quantitative estimate of drug-likeness (QED) is 0.458. The molecule has 4 rings (SSSR count). The number of fused-ring (bicyclic) bond motifs is 2. The molecule has 1 aliphatic heterocycles. The Bertz CT molecular complexity index is 1040. The lowest BCUT2D eigenvalue weighted by atomic mass is 9.79. The highest BCUT2D eigenvalue weighted by atomic mass is 19.2. The van der Waals surface area contributed by atoms with Gasteiger partial charge in [-0.25, -0.2) is 18.0 Å². The molecule has 0 radical (unpaired) electrons. The number of nitrogens with two attached hydrogens (primary N) is 2. The van der Waals surface area contributed by atoms with Crippen LogP contribution in [0.15, 0.2) is 29.3 Å². The Balaban J connectivity index is 1.91. The zero-order chi connectivity index (χ0) is 20.9. The van der Waals surface area contributed by atoms with Gasteiger partial charge >= 0.3 is 6.03 Å². The van der Waals surface area contributed by atoms with Gasteiger partial charge in [-0.1, -0.05) is 19.1 Å². The van der Waals surface area contributed by atoms with Gasteiger partial charge in [0.15, 0.2) is 17.6 Å². The molecule has 8 heteroatoms. The number of aryl methyl sites for hydroxylation is 1. The largest absolute Gasteiger partial charge is 0.370 e. The van der Waals surface area contributed by atoms with E-state index in [0.29, 0.717) is 18.2 Å². The van der Waals surface area contributed by atoms with E-state index >= 15 is 0 Å². The maximum absolute atomic E-state index is 14.6. The molecule has 0 atom stereocenters. The lowest BCUT2D eigenvalue weighted by Gasteiger charge is -2.37. The van der Waals surface area contributed by atoms with E-state index in [2.05, 4.69) is 4.99 Å². The van der Waals surface area contributed by atoms with Crippen molar-refractivity contribution in [2.45, 2.75) is 38.1 Å². The molecule has 0 bridgehead atoms. The van der Waals surface area contributed by atoms with Gasteiger partial charge in [-0.3, -0.25) is 0 Å². The van der Waals surface area contributed by atoms with E-state index in [0.717, 1.165) is 42.0 Å². The molecule has 0 saturated heterocycles. The van der Waals surface area contributed by atoms with Crippen molar-refractivity contribution in [3.05, 3.63) is 58.4 Å². The summed E-state index contributed by atoms with van der Waals surface area (Å²) in [5.74, 6) is -3.55. The predicted molar refractivity (Wildman–Crippen MR) is 104 cm³/mol. The summed E-state index contributed by atoms with van der Waals surface area (Å²) < 4.78 is 41.9. The molecule has 2 amide bonds. The summed E-state index contributed by atoms with van der Waals surface area (Å²) in [7, 11) is 0. The second-order valence-electron chi connectivity index (χ2n) is 7.68. The van der Waals surface area contributed by atoms with Crippen LogP contribution in [0.3, 0.4) is 0 Å². The van der Waals surface area contributed by atoms with Gasteiger partial charge in [-0.05, 0) is 47.6 Å². The molecule has 0 aromatic heterocycles. The number of hydrogen-bond acceptors (Lipinski definition) is 1. The van der Waals surface area contributed by atoms with Gasteiger partial charge in [0.05, 0.1) is 0 Å². The Morgan fingerprint density at radius 1 is 1.10 bits per heavy atom. The van der Waals surface area contributed by atoms with Crippen molar-refractivity contribution in [1.29, 1.82) is 0 Å². The highest BCUT2D eigenvalue weighted by Crippen LogP contribution is 2.55. The minimum absolute atomic E-state index is 0.0326. The fourth-order valence-electron chi connectivity index (χ4n) is 4.36. The number of halogens is 3. The number of nitrogens with zero attached hydrogens (tertiary/aromatic N) is 2. The highest BCUT2D eigenvalue weighted by Gasteiger charge is 2.51. The summed E-state index contributed by atoms with van der Waals surface area (Å²) in [5, 5.41) is 0. The SMILES string of the molecule is CCc1ccc(-c2cc(F)c(F)cc2F)c2c1C1(CC1)CN(C(=O)N=C(N)N)C2. The highest BCUT2D eigenvalue weighted by molar-refractivity contribution is 5.91. The first-order chi connectivity index (χ1) is 13.8. The average Bonchev–Trinajstić information content (AvgIpc) is 3.43. The van der Waals surface area contributed by atoms with Gasteiger partial charge in [0.2, 0.25) is 0 Å². The van der Waals surface area contributed by atoms with E-state index in [1.165, 1.54) is 4.90 Å². The van der Waals surface area contributed by atoms with Gasteiger partial charge in [-0.2, -0.15) is 4.99 Å². The normalized spacial score (nSPS) is 16.5. The van der Waals surface area contributed by atoms with Crippen molar-refractivity contribution < 1.29 is 18.0 Å². The molecule has 2 aromatic carbocycles. The van der Waals surface area contributed by atoms with Crippen LogP contribution in [-0.2, 0) is 18.4 Å². The number of hydrogen-bond donors (Lipinski definition) is 2. The fraction of sp³-hybridized carbons (Fsp3) is 0.333. The molecule has 152 valence electrons. The van der Waals surface area contributed by atoms with Crippen molar-refractivity contribution in [3.8, 4) is 11.1 Å². The van der Waals surface area contributed by atoms with Crippen molar-refractivity contribution in [1.82, 2.24) is 4.90 Å². The number of carbonyl (C=O) groups excluding carboxylic acids is 1. The van der Waals surface area contributed by atoms with E-state index in [4.69, 9.17) is 11.5 Å². The first kappa shape index (κ1) is 19.3. The summed E-state index contributed by atoms with van der Waals surface area (Å²) in [5.41, 5.74) is 13.8. The molecule has 2 aromatic rings. The molecule has 2 aliphatic rings. The van der Waals surface area contributed by atoms with Crippen LogP contribution < -0.4 is 11.5 Å². The number of amides is 2. The summed E-state index contributed by atoms with van der Waals surface area (Å²) in [6.45, 7) is 2.65. The molecule has 1 fully saturated rings. The van der Waals surface area contributed by atoms with E-state index in [1.807, 2.05) is 13.0 Å². The first-order valence-electron chi connectivity index (χ1n) is 9.44. The minimum atomic E-state index is -1.24. The molecule has 1 heterocycles. The number of guanidine groups is 1. The number of benzene rings is 2. The summed E-state index contributed by atoms with van der Waals surface area (Å²) in [6, 6.07) is 4.45. The van der Waals surface area contributed by atoms with E-state index < -0.39 is 23.5 Å². The third kappa shape index (κ3) is 3.22. The standard InChI is InChI=1S/C21H21F3N4O/c1-2-11-3-4-12(13-7-16(23)17(24)8-15(13)22)14-9-28(20(29)27-19(25)26)10-21(5-6-21)18(11)14/h3-4,7-8H,2,5-6,9-10H2,1H3,(H4,25,26,27,29). The lowest BCUT2D eigenvalue weighted by molar-refractivity contribution is 0.193. The molecule has 29 heavy (non-hydrogen) atoms. The Kier molecular flexibility index (Phi) is 4.52. The van der Waals surface area contributed by atoms with Gasteiger partial charge in [0, 0.05) is 30.1 Å². The molecule has 1 spiro atoms. The Morgan fingerprint density at radius 3 is 2.41 bits per heavy atom. The summed E-state index contributed by atoms with van der Waals surface area (Å²) in [6.07, 6.45) is 2.52. The number of aliphatic imine (C=N–C) groups is 1. The third-order valence-electron chi connectivity index (χ3n) is 5.80. The van der Waals surface area contributed by atoms with Crippen LogP contribution >= 0.6 is 0 Å². The van der Waals surface area contributed by atoms with E-state index in [-0.39, 0.29) is 23.5 Å². The Hall–Kier alpha value is -3.03. The third-order valence-corrected chi connectivity index (χ3v) is 5.80. The molecular formula is C21H21F3N4O. The van der Waals surface area contributed by atoms with Gasteiger partial charge in [0.1, 0.15) is 5.82 Å². The zero-order valence-electron chi connectivity index (χ0n) is 15.9. The van der Waals surface area contributed by atoms with Gasteiger partial charge in [0.25, 0.3) is 0 Å². The number of rotatable bonds is 2. The molecule has 1 aliphatic carbocycles. The van der Waals surface area contributed by atoms with Crippen LogP contribution in [0.25, 0.3) is 11.1 Å². The van der Waals surface area contributed by atoms with E-state index in [9.17, 15) is 18.0 Å². The van der Waals surface area contributed by atoms with Gasteiger partial charge in [-0.15, -0.1) is 0 Å². The van der Waals surface area contributed by atoms with Crippen LogP contribution in [0, 0.1) is 17.5 Å². The van der Waals surface area contributed by atoms with Crippen LogP contribution in [0.4, 0.5) is 18.0 Å². The Labute approximate surface area is 166 Å². The zero-order valence-corrected chi connectivity index (χ0v) is 15.9. The summed E-state index contributed by atoms with van der Waals surface area (Å²) in [4.78, 5) is 17.7. The topological polar surface area (TPSA) is 84.7 Å². The number of urea groups is 1. The van der Waals surface area contributed by atoms with Crippen LogP contribution in [-0.4, -0.2) is 23.4 Å². The minimum Gasteiger partial charge on any atom is -0.370 e. The maximum Gasteiger partial charge on any atom is 0.347 e. The molecule has 0 unspecified atom stereocenters. The van der Waals surface area contributed by atoms with E-state index in [1.54, 1.807) is 6.07 Å². The van der Waals surface area contributed by atoms with Crippen LogP contribution in [0.1, 0.15) is 36.5 Å². The monoisotopic (exact) mass is 402 g/mol. The van der Waals surface area contributed by atoms with Crippen molar-refractivity contribution in [2.24, 2.45) is 16.5 Å². The number of carbonyl (C=O) groups is 1. The maximum atomic E-state index is 14.6. The van der Waals surface area contributed by atoms with Crippen LogP contribution in [0.5, 0.6) is 0 Å². The second kappa shape index (κ2) is 6.79. The predicted octanol–water partition coefficient (Wildman–Crippen LogP) is 3.57. The molecule has 1 saturated carbocycles. The molecule has 5 nitrogen and oxygen atoms in total. The first-order valence-corrected chi connectivity index (χ1v) is 9.44. The lowest BCUT2D eigenvalue weighted by Crippen LogP contribution is -2.42. The van der Waals surface area contributed by atoms with Crippen molar-refractivity contribution in [3.63, 3.8) is 0 Å². The molecular weight excluding hydrogens is 381 g/mol. The smallest absolute Gasteiger partial charge is 0.347 e. The Morgan fingerprint density at radius 2 is 1.79 bits per heavy atom. The molecule has 4 N–H and O–H groups in total. The van der Waals surface area contributed by atoms with Gasteiger partial charge < -0.3 is 16.4 Å². The average molecular weight is 402 g/mol. The van der Waals surface area contributed by atoms with Crippen LogP contribution in [0.2, 0.25) is 0 Å². The summed E-state index contributed by atoms with van der Waals surface area (Å²) >= 11 is 0. The van der Waals surface area contributed by atoms with Crippen molar-refractivity contribution in [2.75, 3.05) is 6.54 Å². The fourth-order valence-corrected chi connectivity index (χ4v) is 4.36.